The van der Waals surface area contributed by atoms with Gasteiger partial charge in [0, 0.05) is 14.7 Å². The van der Waals surface area contributed by atoms with Crippen molar-refractivity contribution in [2.24, 2.45) is 0 Å². The average Bonchev–Trinajstić information content (AvgIpc) is 2.63. The van der Waals surface area contributed by atoms with Crippen molar-refractivity contribution in [3.05, 3.63) is 77.4 Å². The van der Waals surface area contributed by atoms with Gasteiger partial charge < -0.3 is 9.47 Å². The number of ether oxygens (including phenoxy) is 2. The molecule has 2 aromatic carbocycles. The summed E-state index contributed by atoms with van der Waals surface area (Å²) in [7, 11) is -1.20. The predicted octanol–water partition coefficient (Wildman–Crippen LogP) is 5.00. The monoisotopic (exact) mass is 470 g/mol. The quantitative estimate of drug-likeness (QED) is 0.279. The predicted molar refractivity (Wildman–Crippen MR) is 111 cm³/mol. The van der Waals surface area contributed by atoms with E-state index in [-0.39, 0.29) is 6.10 Å². The Kier molecular flexibility index (Phi) is 9.21. The molecule has 5 heteroatoms. The van der Waals surface area contributed by atoms with E-state index in [9.17, 15) is 4.21 Å². The third-order valence-corrected chi connectivity index (χ3v) is 5.27. The minimum Gasteiger partial charge on any atom is -0.495 e. The first-order valence-electron chi connectivity index (χ1n) is 8.16. The summed E-state index contributed by atoms with van der Waals surface area (Å²) in [6.45, 7) is 3.09. The summed E-state index contributed by atoms with van der Waals surface area (Å²) in [4.78, 5) is 0.774. The van der Waals surface area contributed by atoms with E-state index in [2.05, 4.69) is 22.6 Å². The largest absolute Gasteiger partial charge is 0.495 e. The van der Waals surface area contributed by atoms with Gasteiger partial charge in [0.1, 0.15) is 6.10 Å². The fourth-order valence-corrected chi connectivity index (χ4v) is 3.56. The topological polar surface area (TPSA) is 35.5 Å². The molecule has 0 aliphatic carbocycles. The van der Waals surface area contributed by atoms with E-state index in [1.54, 1.807) is 11.7 Å². The first-order valence-corrected chi connectivity index (χ1v) is 10.9. The Morgan fingerprint density at radius 2 is 1.84 bits per heavy atom. The van der Waals surface area contributed by atoms with Gasteiger partial charge in [0.25, 0.3) is 0 Å². The van der Waals surface area contributed by atoms with Crippen molar-refractivity contribution >= 4 is 33.4 Å². The number of alkyl halides is 1. The van der Waals surface area contributed by atoms with Crippen LogP contribution in [0.4, 0.5) is 0 Å². The number of halogens is 1. The van der Waals surface area contributed by atoms with Crippen LogP contribution < -0.4 is 0 Å². The van der Waals surface area contributed by atoms with Crippen molar-refractivity contribution in [1.29, 1.82) is 0 Å². The van der Waals surface area contributed by atoms with Gasteiger partial charge in [-0.3, -0.25) is 0 Å². The zero-order valence-corrected chi connectivity index (χ0v) is 17.2. The number of benzene rings is 2. The van der Waals surface area contributed by atoms with Crippen LogP contribution in [0.15, 0.2) is 71.2 Å². The summed E-state index contributed by atoms with van der Waals surface area (Å²) in [5.41, 5.74) is 2.30. The molecule has 2 atom stereocenters. The van der Waals surface area contributed by atoms with Gasteiger partial charge in [0.15, 0.2) is 0 Å². The van der Waals surface area contributed by atoms with Crippen LogP contribution in [0.25, 0.3) is 0 Å². The minimum absolute atomic E-state index is 0.0353. The first kappa shape index (κ1) is 20.1. The maximum absolute atomic E-state index is 12.2. The van der Waals surface area contributed by atoms with Gasteiger partial charge in [-0.05, 0) is 31.0 Å². The van der Waals surface area contributed by atoms with Crippen LogP contribution in [-0.4, -0.2) is 21.3 Å². The molecule has 0 saturated carbocycles. The Morgan fingerprint density at radius 3 is 2.52 bits per heavy atom. The van der Waals surface area contributed by atoms with Crippen molar-refractivity contribution in [3.8, 4) is 0 Å². The maximum atomic E-state index is 12.2. The van der Waals surface area contributed by atoms with Gasteiger partial charge >= 0.3 is 0 Å². The van der Waals surface area contributed by atoms with Crippen molar-refractivity contribution in [2.75, 3.05) is 11.0 Å². The molecule has 0 spiro atoms. The lowest BCUT2D eigenvalue weighted by atomic mass is 10.2. The molecule has 0 aliphatic heterocycles. The lowest BCUT2D eigenvalue weighted by Crippen LogP contribution is -2.18. The molecule has 134 valence electrons. The number of aryl methyl sites for hydroxylation is 1. The normalized spacial score (nSPS) is 13.7. The van der Waals surface area contributed by atoms with Gasteiger partial charge in [-0.15, -0.1) is 0 Å². The van der Waals surface area contributed by atoms with E-state index in [1.165, 1.54) is 0 Å². The Hall–Kier alpha value is -1.18. The number of rotatable bonds is 10. The third-order valence-electron chi connectivity index (χ3n) is 3.55. The molecular formula is C20H23IO3S. The maximum Gasteiger partial charge on any atom is 0.122 e. The summed E-state index contributed by atoms with van der Waals surface area (Å²) in [5.74, 6) is 0. The van der Waals surface area contributed by atoms with E-state index in [1.807, 2.05) is 61.5 Å². The van der Waals surface area contributed by atoms with Gasteiger partial charge in [0.05, 0.1) is 30.3 Å². The zero-order valence-electron chi connectivity index (χ0n) is 14.3. The van der Waals surface area contributed by atoms with E-state index in [0.717, 1.165) is 26.9 Å². The van der Waals surface area contributed by atoms with Gasteiger partial charge in [-0.25, -0.2) is 4.21 Å². The molecule has 2 rings (SSSR count). The standard InChI is InChI=1S/C20H23IO3S/c1-17-7-9-20(10-8-17)25(22)14-13-24-19(11-12-21)16-23-15-18-5-3-2-4-6-18/h2-10,13-14,19H,11-12,15-16H2,1H3/b14-13+/t19-,25+/m1/s1. The fraction of sp³-hybridized carbons (Fsp3) is 0.300. The minimum atomic E-state index is -1.20. The molecule has 0 fully saturated rings. The van der Waals surface area contributed by atoms with Crippen LogP contribution in [0.3, 0.4) is 0 Å². The Labute approximate surface area is 166 Å². The van der Waals surface area contributed by atoms with Crippen LogP contribution in [-0.2, 0) is 26.9 Å². The summed E-state index contributed by atoms with van der Waals surface area (Å²) >= 11 is 2.32. The van der Waals surface area contributed by atoms with Gasteiger partial charge in [0.2, 0.25) is 0 Å². The molecule has 0 radical (unpaired) electrons. The van der Waals surface area contributed by atoms with E-state index in [4.69, 9.17) is 9.47 Å². The van der Waals surface area contributed by atoms with Crippen LogP contribution in [0.1, 0.15) is 17.5 Å². The molecule has 0 N–H and O–H groups in total. The molecule has 0 aliphatic rings. The van der Waals surface area contributed by atoms with E-state index >= 15 is 0 Å². The lowest BCUT2D eigenvalue weighted by molar-refractivity contribution is 0.0190. The highest BCUT2D eigenvalue weighted by atomic mass is 127. The summed E-state index contributed by atoms with van der Waals surface area (Å²) in [5, 5.41) is 1.59. The van der Waals surface area contributed by atoms with Crippen LogP contribution in [0.5, 0.6) is 0 Å². The molecule has 25 heavy (non-hydrogen) atoms. The summed E-state index contributed by atoms with van der Waals surface area (Å²) in [6, 6.07) is 17.7. The number of hydrogen-bond acceptors (Lipinski definition) is 3. The smallest absolute Gasteiger partial charge is 0.122 e. The molecule has 0 heterocycles. The summed E-state index contributed by atoms with van der Waals surface area (Å²) in [6.07, 6.45) is 2.39. The molecule has 0 bridgehead atoms. The highest BCUT2D eigenvalue weighted by molar-refractivity contribution is 14.1. The highest BCUT2D eigenvalue weighted by Gasteiger charge is 2.08. The third kappa shape index (κ3) is 7.71. The highest BCUT2D eigenvalue weighted by Crippen LogP contribution is 2.11. The van der Waals surface area contributed by atoms with Crippen molar-refractivity contribution in [3.63, 3.8) is 0 Å². The van der Waals surface area contributed by atoms with Gasteiger partial charge in [-0.2, -0.15) is 0 Å². The first-order chi connectivity index (χ1) is 12.2. The second-order valence-electron chi connectivity index (χ2n) is 5.62. The van der Waals surface area contributed by atoms with Gasteiger partial charge in [-0.1, -0.05) is 70.6 Å². The van der Waals surface area contributed by atoms with E-state index < -0.39 is 10.8 Å². The fourth-order valence-electron chi connectivity index (χ4n) is 2.14. The van der Waals surface area contributed by atoms with Crippen molar-refractivity contribution in [1.82, 2.24) is 0 Å². The van der Waals surface area contributed by atoms with Crippen molar-refractivity contribution < 1.29 is 13.7 Å². The average molecular weight is 470 g/mol. The molecule has 2 aromatic rings. The molecule has 0 aromatic heterocycles. The summed E-state index contributed by atoms with van der Waals surface area (Å²) < 4.78 is 24.7. The van der Waals surface area contributed by atoms with Crippen LogP contribution in [0, 0.1) is 6.92 Å². The van der Waals surface area contributed by atoms with Crippen LogP contribution >= 0.6 is 22.6 Å². The number of hydrogen-bond donors (Lipinski definition) is 0. The molecule has 0 saturated heterocycles. The second kappa shape index (κ2) is 11.4. The Balaban J connectivity index is 1.79. The Bertz CT molecular complexity index is 671. The van der Waals surface area contributed by atoms with Crippen LogP contribution in [0.2, 0.25) is 0 Å². The molecule has 0 unspecified atom stereocenters. The zero-order chi connectivity index (χ0) is 17.9. The molecule has 3 nitrogen and oxygen atoms in total. The lowest BCUT2D eigenvalue weighted by Gasteiger charge is -2.15. The SMILES string of the molecule is Cc1ccc([S@@](=O)/C=C/O[C@H](CCI)COCc2ccccc2)cc1. The second-order valence-corrected chi connectivity index (χ2v) is 8.04. The Morgan fingerprint density at radius 1 is 1.12 bits per heavy atom. The van der Waals surface area contributed by atoms with Crippen molar-refractivity contribution in [2.45, 2.75) is 31.0 Å². The van der Waals surface area contributed by atoms with E-state index in [0.29, 0.717) is 13.2 Å². The molecular weight excluding hydrogens is 447 g/mol. The molecule has 0 amide bonds.